The Morgan fingerprint density at radius 2 is 1.75 bits per heavy atom. The van der Waals surface area contributed by atoms with Crippen molar-refractivity contribution in [1.82, 2.24) is 4.90 Å². The van der Waals surface area contributed by atoms with Crippen LogP contribution in [0.5, 0.6) is 5.75 Å². The number of aliphatic hydroxyl groups is 1. The van der Waals surface area contributed by atoms with Crippen molar-refractivity contribution in [2.75, 3.05) is 20.7 Å². The molecule has 0 bridgehead atoms. The van der Waals surface area contributed by atoms with E-state index in [4.69, 9.17) is 4.74 Å². The predicted octanol–water partition coefficient (Wildman–Crippen LogP) is 3.34. The normalized spacial score (nSPS) is 11.2. The first-order valence-corrected chi connectivity index (χ1v) is 7.63. The van der Waals surface area contributed by atoms with E-state index in [1.165, 1.54) is 24.1 Å². The monoisotopic (exact) mass is 331 g/mol. The van der Waals surface area contributed by atoms with Crippen LogP contribution in [0.2, 0.25) is 0 Å². The Morgan fingerprint density at radius 1 is 1.17 bits per heavy atom. The van der Waals surface area contributed by atoms with E-state index in [1.807, 2.05) is 12.1 Å². The first kappa shape index (κ1) is 17.9. The summed E-state index contributed by atoms with van der Waals surface area (Å²) in [6.07, 6.45) is 0. The molecule has 128 valence electrons. The van der Waals surface area contributed by atoms with E-state index in [1.54, 1.807) is 39.2 Å². The molecule has 0 heterocycles. The van der Waals surface area contributed by atoms with Crippen molar-refractivity contribution in [3.63, 3.8) is 0 Å². The maximum absolute atomic E-state index is 14.4. The van der Waals surface area contributed by atoms with E-state index < -0.39 is 17.3 Å². The van der Waals surface area contributed by atoms with Crippen molar-refractivity contribution in [2.45, 2.75) is 19.4 Å². The number of hydrogen-bond donors (Lipinski definition) is 1. The number of benzene rings is 2. The number of carbonyl (C=O) groups excluding carboxylic acids is 1. The molecule has 0 saturated heterocycles. The average Bonchev–Trinajstić information content (AvgIpc) is 2.52. The SMILES string of the molecule is COc1ccc(-c2ccc(C(=O)N(C)CC(C)(C)O)c(F)c2)cc1. The number of ether oxygens (including phenoxy) is 1. The quantitative estimate of drug-likeness (QED) is 0.914. The first-order chi connectivity index (χ1) is 11.2. The molecule has 5 heteroatoms. The largest absolute Gasteiger partial charge is 0.497 e. The number of likely N-dealkylation sites (N-methyl/N-ethyl adjacent to an activating group) is 1. The van der Waals surface area contributed by atoms with Gasteiger partial charge < -0.3 is 14.7 Å². The summed E-state index contributed by atoms with van der Waals surface area (Å²) < 4.78 is 19.5. The van der Waals surface area contributed by atoms with Gasteiger partial charge in [0, 0.05) is 13.6 Å². The predicted molar refractivity (Wildman–Crippen MR) is 91.6 cm³/mol. The zero-order valence-electron chi connectivity index (χ0n) is 14.3. The lowest BCUT2D eigenvalue weighted by atomic mass is 10.0. The molecule has 4 nitrogen and oxygen atoms in total. The topological polar surface area (TPSA) is 49.8 Å². The summed E-state index contributed by atoms with van der Waals surface area (Å²) in [5.74, 6) is -0.328. The highest BCUT2D eigenvalue weighted by atomic mass is 19.1. The van der Waals surface area contributed by atoms with Crippen LogP contribution >= 0.6 is 0 Å². The molecule has 0 unspecified atom stereocenters. The van der Waals surface area contributed by atoms with Crippen LogP contribution in [0.3, 0.4) is 0 Å². The summed E-state index contributed by atoms with van der Waals surface area (Å²) in [5, 5.41) is 9.79. The molecular formula is C19H22FNO3. The lowest BCUT2D eigenvalue weighted by Crippen LogP contribution is -2.40. The molecule has 1 N–H and O–H groups in total. The fraction of sp³-hybridized carbons (Fsp3) is 0.316. The van der Waals surface area contributed by atoms with Gasteiger partial charge in [-0.1, -0.05) is 18.2 Å². The van der Waals surface area contributed by atoms with Crippen LogP contribution in [0.4, 0.5) is 4.39 Å². The van der Waals surface area contributed by atoms with Gasteiger partial charge in [0.2, 0.25) is 0 Å². The molecular weight excluding hydrogens is 309 g/mol. The minimum Gasteiger partial charge on any atom is -0.497 e. The van der Waals surface area contributed by atoms with Gasteiger partial charge in [0.05, 0.1) is 18.3 Å². The Kier molecular flexibility index (Phi) is 5.24. The maximum atomic E-state index is 14.4. The fourth-order valence-electron chi connectivity index (χ4n) is 2.51. The van der Waals surface area contributed by atoms with Crippen LogP contribution in [0.1, 0.15) is 24.2 Å². The van der Waals surface area contributed by atoms with Gasteiger partial charge >= 0.3 is 0 Å². The first-order valence-electron chi connectivity index (χ1n) is 7.63. The molecule has 0 atom stereocenters. The van der Waals surface area contributed by atoms with Crippen molar-refractivity contribution in [1.29, 1.82) is 0 Å². The second kappa shape index (κ2) is 7.01. The summed E-state index contributed by atoms with van der Waals surface area (Å²) >= 11 is 0. The van der Waals surface area contributed by atoms with Crippen molar-refractivity contribution >= 4 is 5.91 Å². The molecule has 0 saturated carbocycles. The molecule has 0 radical (unpaired) electrons. The van der Waals surface area contributed by atoms with Gasteiger partial charge in [0.25, 0.3) is 5.91 Å². The summed E-state index contributed by atoms with van der Waals surface area (Å²) in [4.78, 5) is 13.6. The van der Waals surface area contributed by atoms with Crippen LogP contribution < -0.4 is 4.74 Å². The Hall–Kier alpha value is -2.40. The molecule has 1 amide bonds. The Morgan fingerprint density at radius 3 is 2.25 bits per heavy atom. The highest BCUT2D eigenvalue weighted by molar-refractivity contribution is 5.95. The summed E-state index contributed by atoms with van der Waals surface area (Å²) in [5.41, 5.74) is 0.457. The Bertz CT molecular complexity index is 720. The highest BCUT2D eigenvalue weighted by Gasteiger charge is 2.22. The molecule has 2 aromatic carbocycles. The van der Waals surface area contributed by atoms with Gasteiger partial charge in [-0.3, -0.25) is 4.79 Å². The smallest absolute Gasteiger partial charge is 0.256 e. The molecule has 2 aromatic rings. The molecule has 0 aromatic heterocycles. The summed E-state index contributed by atoms with van der Waals surface area (Å²) in [7, 11) is 3.12. The lowest BCUT2D eigenvalue weighted by Gasteiger charge is -2.25. The summed E-state index contributed by atoms with van der Waals surface area (Å²) in [6.45, 7) is 3.31. The fourth-order valence-corrected chi connectivity index (χ4v) is 2.51. The van der Waals surface area contributed by atoms with Crippen molar-refractivity contribution in [3.05, 3.63) is 53.8 Å². The number of rotatable bonds is 5. The second-order valence-electron chi connectivity index (χ2n) is 6.40. The molecule has 0 spiro atoms. The zero-order valence-corrected chi connectivity index (χ0v) is 14.3. The third kappa shape index (κ3) is 4.32. The van der Waals surface area contributed by atoms with Crippen LogP contribution in [-0.4, -0.2) is 42.2 Å². The number of hydrogen-bond acceptors (Lipinski definition) is 3. The lowest BCUT2D eigenvalue weighted by molar-refractivity contribution is 0.0365. The van der Waals surface area contributed by atoms with E-state index in [2.05, 4.69) is 0 Å². The second-order valence-corrected chi connectivity index (χ2v) is 6.40. The molecule has 0 aliphatic heterocycles. The van der Waals surface area contributed by atoms with Crippen molar-refractivity contribution < 1.29 is 19.0 Å². The number of amides is 1. The molecule has 2 rings (SSSR count). The number of halogens is 1. The van der Waals surface area contributed by atoms with Crippen molar-refractivity contribution in [2.24, 2.45) is 0 Å². The number of carbonyl (C=O) groups is 1. The van der Waals surface area contributed by atoms with Crippen molar-refractivity contribution in [3.8, 4) is 16.9 Å². The van der Waals surface area contributed by atoms with Crippen LogP contribution in [0, 0.1) is 5.82 Å². The van der Waals surface area contributed by atoms with Gasteiger partial charge in [0.1, 0.15) is 11.6 Å². The van der Waals surface area contributed by atoms with Gasteiger partial charge in [-0.25, -0.2) is 4.39 Å². The molecule has 0 aliphatic rings. The van der Waals surface area contributed by atoms with Gasteiger partial charge in [-0.15, -0.1) is 0 Å². The number of nitrogens with zero attached hydrogens (tertiary/aromatic N) is 1. The highest BCUT2D eigenvalue weighted by Crippen LogP contribution is 2.25. The minimum atomic E-state index is -1.04. The molecule has 24 heavy (non-hydrogen) atoms. The van der Waals surface area contributed by atoms with E-state index in [0.717, 1.165) is 11.3 Å². The van der Waals surface area contributed by atoms with Crippen LogP contribution in [-0.2, 0) is 0 Å². The van der Waals surface area contributed by atoms with Crippen LogP contribution in [0.15, 0.2) is 42.5 Å². The van der Waals surface area contributed by atoms with Crippen LogP contribution in [0.25, 0.3) is 11.1 Å². The van der Waals surface area contributed by atoms with E-state index in [-0.39, 0.29) is 12.1 Å². The van der Waals surface area contributed by atoms with Gasteiger partial charge in [0.15, 0.2) is 0 Å². The Labute approximate surface area is 141 Å². The van der Waals surface area contributed by atoms with Gasteiger partial charge in [-0.05, 0) is 49.2 Å². The third-order valence-electron chi connectivity index (χ3n) is 3.59. The third-order valence-corrected chi connectivity index (χ3v) is 3.59. The molecule has 0 fully saturated rings. The zero-order chi connectivity index (χ0) is 17.9. The maximum Gasteiger partial charge on any atom is 0.256 e. The standard InChI is InChI=1S/C19H22FNO3/c1-19(2,23)12-21(3)18(22)16-10-7-14(11-17(16)20)13-5-8-15(24-4)9-6-13/h5-11,23H,12H2,1-4H3. The van der Waals surface area contributed by atoms with E-state index >= 15 is 0 Å². The average molecular weight is 331 g/mol. The van der Waals surface area contributed by atoms with E-state index in [0.29, 0.717) is 5.56 Å². The van der Waals surface area contributed by atoms with Gasteiger partial charge in [-0.2, -0.15) is 0 Å². The Balaban J connectivity index is 2.24. The molecule has 0 aliphatic carbocycles. The van der Waals surface area contributed by atoms with E-state index in [9.17, 15) is 14.3 Å². The number of methoxy groups -OCH3 is 1. The minimum absolute atomic E-state index is 0.0148. The summed E-state index contributed by atoms with van der Waals surface area (Å²) in [6, 6.07) is 11.8.